The van der Waals surface area contributed by atoms with Gasteiger partial charge in [0.15, 0.2) is 5.96 Å². The zero-order valence-electron chi connectivity index (χ0n) is 16.1. The molecule has 0 atom stereocenters. The van der Waals surface area contributed by atoms with Crippen LogP contribution in [0.25, 0.3) is 0 Å². The Kier molecular flexibility index (Phi) is 12.5. The smallest absolute Gasteiger partial charge is 0.191 e. The Morgan fingerprint density at radius 2 is 1.59 bits per heavy atom. The lowest BCUT2D eigenvalue weighted by atomic mass is 10.1. The summed E-state index contributed by atoms with van der Waals surface area (Å²) in [6, 6.07) is 18.5. The quantitative estimate of drug-likeness (QED) is 0.234. The molecule has 0 heterocycles. The molecule has 0 fully saturated rings. The normalized spacial score (nSPS) is 11.0. The predicted molar refractivity (Wildman–Crippen MR) is 121 cm³/mol. The van der Waals surface area contributed by atoms with Crippen molar-refractivity contribution in [1.82, 2.24) is 10.6 Å². The van der Waals surface area contributed by atoms with E-state index < -0.39 is 0 Å². The first-order chi connectivity index (χ1) is 12.8. The zero-order chi connectivity index (χ0) is 18.5. The molecule has 0 radical (unpaired) electrons. The highest BCUT2D eigenvalue weighted by Gasteiger charge is 2.04. The number of hydrogen-bond acceptors (Lipinski definition) is 3. The minimum Gasteiger partial charge on any atom is -0.380 e. The summed E-state index contributed by atoms with van der Waals surface area (Å²) in [5.74, 6) is 0.768. The van der Waals surface area contributed by atoms with E-state index in [0.717, 1.165) is 19.1 Å². The maximum Gasteiger partial charge on any atom is 0.191 e. The van der Waals surface area contributed by atoms with Crippen molar-refractivity contribution in [2.24, 2.45) is 4.99 Å². The van der Waals surface area contributed by atoms with Crippen LogP contribution in [-0.2, 0) is 29.2 Å². The van der Waals surface area contributed by atoms with E-state index in [-0.39, 0.29) is 24.0 Å². The highest BCUT2D eigenvalue weighted by Crippen LogP contribution is 2.11. The standard InChI is InChI=1S/C21H29N3O2.HI/c1-3-25-14-13-23-21(22-2)24-15-19-11-7-8-12-20(19)17-26-16-18-9-5-4-6-10-18;/h4-12H,3,13-17H2,1-2H3,(H2,22,23,24);1H. The van der Waals surface area contributed by atoms with Crippen molar-refractivity contribution in [1.29, 1.82) is 0 Å². The molecule has 0 amide bonds. The first kappa shape index (κ1) is 23.4. The van der Waals surface area contributed by atoms with E-state index in [0.29, 0.717) is 26.4 Å². The minimum absolute atomic E-state index is 0. The minimum atomic E-state index is 0. The van der Waals surface area contributed by atoms with Crippen LogP contribution in [0, 0.1) is 0 Å². The predicted octanol–water partition coefficient (Wildman–Crippen LogP) is 3.72. The van der Waals surface area contributed by atoms with Gasteiger partial charge in [-0.25, -0.2) is 0 Å². The van der Waals surface area contributed by atoms with Crippen molar-refractivity contribution in [2.75, 3.05) is 26.8 Å². The topological polar surface area (TPSA) is 54.9 Å². The van der Waals surface area contributed by atoms with Gasteiger partial charge in [0.25, 0.3) is 0 Å². The van der Waals surface area contributed by atoms with E-state index in [1.165, 1.54) is 16.7 Å². The molecule has 0 spiro atoms. The van der Waals surface area contributed by atoms with Gasteiger partial charge in [-0.15, -0.1) is 24.0 Å². The Morgan fingerprint density at radius 3 is 2.30 bits per heavy atom. The van der Waals surface area contributed by atoms with Gasteiger partial charge < -0.3 is 20.1 Å². The van der Waals surface area contributed by atoms with Crippen molar-refractivity contribution >= 4 is 29.9 Å². The van der Waals surface area contributed by atoms with Gasteiger partial charge in [0.2, 0.25) is 0 Å². The summed E-state index contributed by atoms with van der Waals surface area (Å²) in [7, 11) is 1.77. The van der Waals surface area contributed by atoms with Gasteiger partial charge in [0.1, 0.15) is 0 Å². The van der Waals surface area contributed by atoms with Gasteiger partial charge in [-0.3, -0.25) is 4.99 Å². The van der Waals surface area contributed by atoms with Crippen LogP contribution in [0.2, 0.25) is 0 Å². The zero-order valence-corrected chi connectivity index (χ0v) is 18.4. The summed E-state index contributed by atoms with van der Waals surface area (Å²) in [5.41, 5.74) is 3.57. The molecule has 27 heavy (non-hydrogen) atoms. The lowest BCUT2D eigenvalue weighted by Crippen LogP contribution is -2.38. The fraction of sp³-hybridized carbons (Fsp3) is 0.381. The van der Waals surface area contributed by atoms with E-state index >= 15 is 0 Å². The number of halogens is 1. The molecule has 2 rings (SSSR count). The average Bonchev–Trinajstić information content (AvgIpc) is 2.69. The monoisotopic (exact) mass is 483 g/mol. The lowest BCUT2D eigenvalue weighted by Gasteiger charge is -2.14. The van der Waals surface area contributed by atoms with E-state index in [1.807, 2.05) is 37.3 Å². The van der Waals surface area contributed by atoms with Gasteiger partial charge in [-0.1, -0.05) is 54.6 Å². The molecule has 0 aliphatic heterocycles. The third kappa shape index (κ3) is 9.21. The van der Waals surface area contributed by atoms with Crippen LogP contribution in [0.4, 0.5) is 0 Å². The molecule has 0 saturated heterocycles. The number of rotatable bonds is 10. The molecule has 2 aromatic rings. The molecule has 0 aliphatic carbocycles. The molecule has 148 valence electrons. The SMILES string of the molecule is CCOCCNC(=NC)NCc1ccccc1COCc1ccccc1.I. The van der Waals surface area contributed by atoms with E-state index in [9.17, 15) is 0 Å². The number of aliphatic imine (C=N–C) groups is 1. The second-order valence-electron chi connectivity index (χ2n) is 5.80. The molecule has 2 aromatic carbocycles. The van der Waals surface area contributed by atoms with Crippen molar-refractivity contribution in [3.8, 4) is 0 Å². The van der Waals surface area contributed by atoms with Gasteiger partial charge in [0.05, 0.1) is 19.8 Å². The summed E-state index contributed by atoms with van der Waals surface area (Å²) < 4.78 is 11.2. The van der Waals surface area contributed by atoms with Crippen LogP contribution in [0.1, 0.15) is 23.6 Å². The number of ether oxygens (including phenoxy) is 2. The summed E-state index contributed by atoms with van der Waals surface area (Å²) in [4.78, 5) is 4.24. The number of hydrogen-bond donors (Lipinski definition) is 2. The second kappa shape index (κ2) is 14.4. The van der Waals surface area contributed by atoms with Crippen LogP contribution >= 0.6 is 24.0 Å². The Bertz CT molecular complexity index is 665. The number of benzene rings is 2. The molecule has 6 heteroatoms. The molecular weight excluding hydrogens is 453 g/mol. The molecule has 0 aliphatic rings. The third-order valence-corrected chi connectivity index (χ3v) is 3.90. The molecule has 2 N–H and O–H groups in total. The number of guanidine groups is 1. The highest BCUT2D eigenvalue weighted by atomic mass is 127. The molecule has 0 unspecified atom stereocenters. The summed E-state index contributed by atoms with van der Waals surface area (Å²) in [6.45, 7) is 6.01. The fourth-order valence-corrected chi connectivity index (χ4v) is 2.51. The van der Waals surface area contributed by atoms with Crippen molar-refractivity contribution in [3.63, 3.8) is 0 Å². The van der Waals surface area contributed by atoms with Crippen LogP contribution in [-0.4, -0.2) is 32.8 Å². The lowest BCUT2D eigenvalue weighted by molar-refractivity contribution is 0.106. The maximum absolute atomic E-state index is 5.88. The van der Waals surface area contributed by atoms with Crippen molar-refractivity contribution < 1.29 is 9.47 Å². The van der Waals surface area contributed by atoms with Crippen LogP contribution < -0.4 is 10.6 Å². The molecule has 0 saturated carbocycles. The molecule has 0 aromatic heterocycles. The summed E-state index contributed by atoms with van der Waals surface area (Å²) >= 11 is 0. The van der Waals surface area contributed by atoms with E-state index in [4.69, 9.17) is 9.47 Å². The van der Waals surface area contributed by atoms with E-state index in [1.54, 1.807) is 7.05 Å². The van der Waals surface area contributed by atoms with Gasteiger partial charge in [-0.05, 0) is 23.6 Å². The van der Waals surface area contributed by atoms with Gasteiger partial charge in [-0.2, -0.15) is 0 Å². The fourth-order valence-electron chi connectivity index (χ4n) is 2.51. The first-order valence-electron chi connectivity index (χ1n) is 9.04. The Labute approximate surface area is 179 Å². The average molecular weight is 483 g/mol. The maximum atomic E-state index is 5.88. The second-order valence-corrected chi connectivity index (χ2v) is 5.80. The van der Waals surface area contributed by atoms with E-state index in [2.05, 4.69) is 39.9 Å². The Hall–Kier alpha value is -1.64. The van der Waals surface area contributed by atoms with Gasteiger partial charge >= 0.3 is 0 Å². The van der Waals surface area contributed by atoms with Crippen LogP contribution in [0.15, 0.2) is 59.6 Å². The van der Waals surface area contributed by atoms with Gasteiger partial charge in [0, 0.05) is 26.7 Å². The van der Waals surface area contributed by atoms with Crippen LogP contribution in [0.3, 0.4) is 0 Å². The number of nitrogens with one attached hydrogen (secondary N) is 2. The summed E-state index contributed by atoms with van der Waals surface area (Å²) in [6.07, 6.45) is 0. The summed E-state index contributed by atoms with van der Waals surface area (Å²) in [5, 5.41) is 6.58. The number of nitrogens with zero attached hydrogens (tertiary/aromatic N) is 1. The highest BCUT2D eigenvalue weighted by molar-refractivity contribution is 14.0. The Morgan fingerprint density at radius 1 is 0.889 bits per heavy atom. The van der Waals surface area contributed by atoms with Crippen molar-refractivity contribution in [2.45, 2.75) is 26.7 Å². The molecular formula is C21H30IN3O2. The molecule has 0 bridgehead atoms. The van der Waals surface area contributed by atoms with Crippen molar-refractivity contribution in [3.05, 3.63) is 71.3 Å². The Balaban J connectivity index is 0.00000364. The molecule has 5 nitrogen and oxygen atoms in total. The largest absolute Gasteiger partial charge is 0.380 e. The van der Waals surface area contributed by atoms with Crippen LogP contribution in [0.5, 0.6) is 0 Å². The first-order valence-corrected chi connectivity index (χ1v) is 9.04. The third-order valence-electron chi connectivity index (χ3n) is 3.90.